The lowest BCUT2D eigenvalue weighted by atomic mass is 10.0. The molecule has 7 heteroatoms. The summed E-state index contributed by atoms with van der Waals surface area (Å²) < 4.78 is 53.6. The Hall–Kier alpha value is -3.42. The van der Waals surface area contributed by atoms with Crippen LogP contribution in [0.3, 0.4) is 0 Å². The largest absolute Gasteiger partial charge is 0.279 e. The van der Waals surface area contributed by atoms with Gasteiger partial charge in [-0.1, -0.05) is 60.7 Å². The van der Waals surface area contributed by atoms with Crippen molar-refractivity contribution in [3.05, 3.63) is 109 Å². The molecule has 0 aliphatic carbocycles. The molecule has 0 spiro atoms. The van der Waals surface area contributed by atoms with E-state index in [1.165, 1.54) is 24.3 Å². The van der Waals surface area contributed by atoms with Crippen LogP contribution in [-0.2, 0) is 19.9 Å². The second kappa shape index (κ2) is 8.37. The van der Waals surface area contributed by atoms with Crippen molar-refractivity contribution in [3.63, 3.8) is 0 Å². The third-order valence-electron chi connectivity index (χ3n) is 4.69. The summed E-state index contributed by atoms with van der Waals surface area (Å²) >= 11 is 0. The van der Waals surface area contributed by atoms with Crippen LogP contribution in [-0.4, -0.2) is 16.8 Å². The van der Waals surface area contributed by atoms with Gasteiger partial charge >= 0.3 is 0 Å². The molecule has 5 nitrogen and oxygen atoms in total. The summed E-state index contributed by atoms with van der Waals surface area (Å²) in [5.74, 6) is 0. The van der Waals surface area contributed by atoms with Gasteiger partial charge in [0.15, 0.2) is 0 Å². The van der Waals surface area contributed by atoms with Gasteiger partial charge in [0.1, 0.15) is 0 Å². The summed E-state index contributed by atoms with van der Waals surface area (Å²) in [5, 5.41) is 0. The quantitative estimate of drug-likeness (QED) is 0.460. The summed E-state index contributed by atoms with van der Waals surface area (Å²) in [6.45, 7) is 0. The molecule has 0 saturated carbocycles. The van der Waals surface area contributed by atoms with Gasteiger partial charge in [-0.15, -0.1) is 0 Å². The maximum Gasteiger partial charge on any atom is 0.261 e. The smallest absolute Gasteiger partial charge is 0.261 e. The molecule has 0 unspecified atom stereocenters. The van der Waals surface area contributed by atoms with E-state index in [-0.39, 0.29) is 14.7 Å². The molecule has 0 aromatic heterocycles. The lowest BCUT2D eigenvalue weighted by molar-refractivity contribution is 0.595. The third kappa shape index (κ3) is 4.38. The normalized spacial score (nSPS) is 11.7. The van der Waals surface area contributed by atoms with E-state index in [0.717, 1.165) is 0 Å². The van der Waals surface area contributed by atoms with Crippen molar-refractivity contribution in [2.24, 2.45) is 0 Å². The van der Waals surface area contributed by atoms with Crippen LogP contribution in [0.15, 0.2) is 118 Å². The first-order valence-electron chi connectivity index (χ1n) is 9.36. The highest BCUT2D eigenvalue weighted by Gasteiger charge is 2.19. The summed E-state index contributed by atoms with van der Waals surface area (Å²) in [4.78, 5) is 0.527. The van der Waals surface area contributed by atoms with Crippen LogP contribution in [0.4, 0.5) is 5.69 Å². The number of benzene rings is 4. The Morgan fingerprint density at radius 1 is 0.613 bits per heavy atom. The first-order valence-corrected chi connectivity index (χ1v) is 12.3. The number of sulfone groups is 1. The van der Waals surface area contributed by atoms with Gasteiger partial charge in [-0.05, 0) is 54.1 Å². The molecule has 1 radical (unpaired) electrons. The van der Waals surface area contributed by atoms with Crippen molar-refractivity contribution in [2.45, 2.75) is 14.7 Å². The number of rotatable bonds is 6. The Morgan fingerprint density at radius 2 is 1.16 bits per heavy atom. The maximum absolute atomic E-state index is 12.8. The zero-order chi connectivity index (χ0) is 21.9. The summed E-state index contributed by atoms with van der Waals surface area (Å²) in [6, 6.07) is 30.4. The van der Waals surface area contributed by atoms with Crippen LogP contribution in [0.2, 0.25) is 0 Å². The fraction of sp³-hybridized carbons (Fsp3) is 0. The van der Waals surface area contributed by atoms with Crippen molar-refractivity contribution in [1.29, 1.82) is 0 Å². The number of nitrogens with one attached hydrogen (secondary N) is 1. The molecule has 0 aliphatic heterocycles. The van der Waals surface area contributed by atoms with Crippen LogP contribution in [0.25, 0.3) is 11.1 Å². The minimum absolute atomic E-state index is 0.147. The molecular weight excluding hydrogens is 430 g/mol. The SMILES string of the molecule is O=S(=O)(Nc1c[c]ccc1-c1ccc(S(=O)(=O)c2ccccc2)cc1)c1ccccc1. The van der Waals surface area contributed by atoms with Crippen molar-refractivity contribution in [2.75, 3.05) is 4.72 Å². The average molecular weight is 449 g/mol. The molecule has 4 aromatic rings. The zero-order valence-corrected chi connectivity index (χ0v) is 17.9. The van der Waals surface area contributed by atoms with Gasteiger partial charge in [0.25, 0.3) is 10.0 Å². The monoisotopic (exact) mass is 448 g/mol. The minimum atomic E-state index is -3.78. The second-order valence-corrected chi connectivity index (χ2v) is 10.4. The van der Waals surface area contributed by atoms with Crippen molar-refractivity contribution in [1.82, 2.24) is 0 Å². The Balaban J connectivity index is 1.68. The standard InChI is InChI=1S/C24H18NO4S2/c26-30(27,20-9-3-1-4-10-20)21-17-15-19(16-18-21)23-13-7-8-14-24(23)25-31(28,29)22-11-5-2-6-12-22/h1-7,9-18,25H. The molecule has 0 fully saturated rings. The average Bonchev–Trinajstić information content (AvgIpc) is 2.80. The lowest BCUT2D eigenvalue weighted by Crippen LogP contribution is -2.13. The Kier molecular flexibility index (Phi) is 5.63. The number of sulfonamides is 1. The summed E-state index contributed by atoms with van der Waals surface area (Å²) in [6.07, 6.45) is 0. The first kappa shape index (κ1) is 20.8. The minimum Gasteiger partial charge on any atom is -0.279 e. The molecule has 0 amide bonds. The van der Waals surface area contributed by atoms with Crippen LogP contribution in [0, 0.1) is 6.07 Å². The van der Waals surface area contributed by atoms with Gasteiger partial charge in [-0.3, -0.25) is 4.72 Å². The first-order chi connectivity index (χ1) is 14.9. The van der Waals surface area contributed by atoms with E-state index in [1.54, 1.807) is 78.9 Å². The van der Waals surface area contributed by atoms with Crippen molar-refractivity contribution < 1.29 is 16.8 Å². The predicted octanol–water partition coefficient (Wildman–Crippen LogP) is 4.79. The zero-order valence-electron chi connectivity index (χ0n) is 16.3. The molecule has 155 valence electrons. The van der Waals surface area contributed by atoms with E-state index in [1.807, 2.05) is 0 Å². The molecule has 0 heterocycles. The van der Waals surface area contributed by atoms with E-state index in [9.17, 15) is 16.8 Å². The molecule has 0 saturated heterocycles. The van der Waals surface area contributed by atoms with E-state index in [0.29, 0.717) is 16.8 Å². The fourth-order valence-corrected chi connectivity index (χ4v) is 5.49. The number of hydrogen-bond acceptors (Lipinski definition) is 4. The van der Waals surface area contributed by atoms with Gasteiger partial charge in [0.2, 0.25) is 9.84 Å². The van der Waals surface area contributed by atoms with Crippen molar-refractivity contribution in [3.8, 4) is 11.1 Å². The van der Waals surface area contributed by atoms with Gasteiger partial charge in [-0.2, -0.15) is 0 Å². The maximum atomic E-state index is 12.8. The Morgan fingerprint density at radius 3 is 1.77 bits per heavy atom. The highest BCUT2D eigenvalue weighted by molar-refractivity contribution is 7.92. The van der Waals surface area contributed by atoms with Gasteiger partial charge in [0, 0.05) is 5.56 Å². The number of anilines is 1. The Bertz CT molecular complexity index is 1400. The molecule has 0 atom stereocenters. The van der Waals surface area contributed by atoms with E-state index >= 15 is 0 Å². The molecule has 1 N–H and O–H groups in total. The van der Waals surface area contributed by atoms with Gasteiger partial charge in [0.05, 0.1) is 20.4 Å². The van der Waals surface area contributed by atoms with Crippen LogP contribution in [0.1, 0.15) is 0 Å². The molecule has 4 rings (SSSR count). The van der Waals surface area contributed by atoms with Crippen LogP contribution in [0.5, 0.6) is 0 Å². The molecular formula is C24H18NO4S2. The van der Waals surface area contributed by atoms with Gasteiger partial charge < -0.3 is 0 Å². The second-order valence-electron chi connectivity index (χ2n) is 6.73. The molecule has 31 heavy (non-hydrogen) atoms. The van der Waals surface area contributed by atoms with Crippen LogP contribution < -0.4 is 4.72 Å². The number of hydrogen-bond donors (Lipinski definition) is 1. The summed E-state index contributed by atoms with van der Waals surface area (Å²) in [5.41, 5.74) is 1.64. The molecule has 0 bridgehead atoms. The highest BCUT2D eigenvalue weighted by atomic mass is 32.2. The van der Waals surface area contributed by atoms with Gasteiger partial charge in [-0.25, -0.2) is 16.8 Å². The summed E-state index contributed by atoms with van der Waals surface area (Å²) in [7, 11) is -7.41. The van der Waals surface area contributed by atoms with E-state index in [2.05, 4.69) is 10.8 Å². The molecule has 4 aromatic carbocycles. The highest BCUT2D eigenvalue weighted by Crippen LogP contribution is 2.31. The Labute approximate surface area is 182 Å². The molecule has 0 aliphatic rings. The predicted molar refractivity (Wildman–Crippen MR) is 120 cm³/mol. The van der Waals surface area contributed by atoms with E-state index < -0.39 is 19.9 Å². The lowest BCUT2D eigenvalue weighted by Gasteiger charge is -2.13. The topological polar surface area (TPSA) is 80.3 Å². The van der Waals surface area contributed by atoms with Crippen molar-refractivity contribution >= 4 is 25.5 Å². The van der Waals surface area contributed by atoms with Crippen LogP contribution >= 0.6 is 0 Å². The third-order valence-corrected chi connectivity index (χ3v) is 7.86. The van der Waals surface area contributed by atoms with E-state index in [4.69, 9.17) is 0 Å². The fourth-order valence-electron chi connectivity index (χ4n) is 3.12.